The first-order valence-electron chi connectivity index (χ1n) is 4.23. The minimum atomic E-state index is -1.10. The molecule has 1 aromatic carbocycles. The van der Waals surface area contributed by atoms with Crippen LogP contribution in [0.3, 0.4) is 0 Å². The molecule has 1 N–H and O–H groups in total. The van der Waals surface area contributed by atoms with Crippen LogP contribution in [-0.2, 0) is 5.60 Å². The summed E-state index contributed by atoms with van der Waals surface area (Å²) in [6, 6.07) is 4.77. The zero-order chi connectivity index (χ0) is 10.8. The maximum absolute atomic E-state index is 10.5. The number of rotatable bonds is 3. The fourth-order valence-electron chi connectivity index (χ4n) is 1.21. The minimum absolute atomic E-state index is 0.235. The Bertz CT molecular complexity index is 342. The molecule has 0 unspecified atom stereocenters. The van der Waals surface area contributed by atoms with Crippen LogP contribution in [0.25, 0.3) is 0 Å². The normalized spacial score (nSPS) is 11.1. The number of ether oxygens (including phenoxy) is 1. The van der Waals surface area contributed by atoms with Gasteiger partial charge in [-0.2, -0.15) is 0 Å². The number of nitroso groups, excluding NO2 is 1. The van der Waals surface area contributed by atoms with Gasteiger partial charge >= 0.3 is 0 Å². The van der Waals surface area contributed by atoms with E-state index in [0.29, 0.717) is 11.3 Å². The van der Waals surface area contributed by atoms with E-state index >= 15 is 0 Å². The van der Waals surface area contributed by atoms with Crippen LogP contribution < -0.4 is 4.74 Å². The van der Waals surface area contributed by atoms with E-state index in [0.717, 1.165) is 0 Å². The van der Waals surface area contributed by atoms with Crippen molar-refractivity contribution in [2.24, 2.45) is 5.18 Å². The summed E-state index contributed by atoms with van der Waals surface area (Å²) < 4.78 is 4.99. The topological polar surface area (TPSA) is 58.9 Å². The molecule has 0 aliphatic rings. The number of benzene rings is 1. The highest BCUT2D eigenvalue weighted by Crippen LogP contribution is 2.32. The molecule has 0 aliphatic carbocycles. The third-order valence-electron chi connectivity index (χ3n) is 1.96. The molecule has 4 nitrogen and oxygen atoms in total. The molecular formula is C10H13NO3. The molecule has 1 rings (SSSR count). The molecule has 0 atom stereocenters. The van der Waals surface area contributed by atoms with Gasteiger partial charge in [0.05, 0.1) is 12.7 Å². The lowest BCUT2D eigenvalue weighted by Gasteiger charge is -2.19. The second-order valence-electron chi connectivity index (χ2n) is 3.53. The van der Waals surface area contributed by atoms with E-state index in [4.69, 9.17) is 4.74 Å². The Kier molecular flexibility index (Phi) is 2.86. The number of aliphatic hydroxyl groups is 1. The Morgan fingerprint density at radius 3 is 2.50 bits per heavy atom. The van der Waals surface area contributed by atoms with Crippen molar-refractivity contribution in [2.45, 2.75) is 19.4 Å². The summed E-state index contributed by atoms with van der Waals surface area (Å²) >= 11 is 0. The highest BCUT2D eigenvalue weighted by atomic mass is 16.5. The molecule has 0 saturated carbocycles. The molecule has 0 amide bonds. The van der Waals surface area contributed by atoms with Crippen LogP contribution in [0.1, 0.15) is 19.4 Å². The molecule has 4 heteroatoms. The smallest absolute Gasteiger partial charge is 0.119 e. The van der Waals surface area contributed by atoms with Crippen molar-refractivity contribution in [1.82, 2.24) is 0 Å². The fraction of sp³-hybridized carbons (Fsp3) is 0.400. The fourth-order valence-corrected chi connectivity index (χ4v) is 1.21. The van der Waals surface area contributed by atoms with Crippen LogP contribution in [0.2, 0.25) is 0 Å². The van der Waals surface area contributed by atoms with Crippen molar-refractivity contribution in [3.05, 3.63) is 28.7 Å². The molecule has 0 spiro atoms. The second-order valence-corrected chi connectivity index (χ2v) is 3.53. The van der Waals surface area contributed by atoms with Crippen LogP contribution >= 0.6 is 0 Å². The van der Waals surface area contributed by atoms with Crippen molar-refractivity contribution in [1.29, 1.82) is 0 Å². The predicted molar refractivity (Wildman–Crippen MR) is 53.7 cm³/mol. The van der Waals surface area contributed by atoms with E-state index in [2.05, 4.69) is 5.18 Å². The van der Waals surface area contributed by atoms with Crippen LogP contribution in [-0.4, -0.2) is 12.2 Å². The lowest BCUT2D eigenvalue weighted by molar-refractivity contribution is 0.0789. The van der Waals surface area contributed by atoms with E-state index in [-0.39, 0.29) is 5.69 Å². The highest BCUT2D eigenvalue weighted by molar-refractivity contribution is 5.52. The van der Waals surface area contributed by atoms with Gasteiger partial charge in [0, 0.05) is 5.56 Å². The molecule has 0 saturated heterocycles. The van der Waals surface area contributed by atoms with Gasteiger partial charge in [-0.1, -0.05) is 0 Å². The summed E-state index contributed by atoms with van der Waals surface area (Å²) in [6.07, 6.45) is 0. The first kappa shape index (κ1) is 10.7. The summed E-state index contributed by atoms with van der Waals surface area (Å²) in [6.45, 7) is 3.19. The van der Waals surface area contributed by atoms with Crippen molar-refractivity contribution >= 4 is 5.69 Å². The first-order valence-corrected chi connectivity index (χ1v) is 4.23. The monoisotopic (exact) mass is 195 g/mol. The number of hydrogen-bond acceptors (Lipinski definition) is 4. The SMILES string of the molecule is COc1ccc(N=O)c(C(C)(C)O)c1. The largest absolute Gasteiger partial charge is 0.497 e. The van der Waals surface area contributed by atoms with Gasteiger partial charge in [0.15, 0.2) is 0 Å². The van der Waals surface area contributed by atoms with Crippen molar-refractivity contribution < 1.29 is 9.84 Å². The highest BCUT2D eigenvalue weighted by Gasteiger charge is 2.21. The van der Waals surface area contributed by atoms with E-state index < -0.39 is 5.60 Å². The van der Waals surface area contributed by atoms with Crippen LogP contribution in [0.5, 0.6) is 5.75 Å². The molecule has 0 aromatic heterocycles. The molecule has 0 bridgehead atoms. The first-order chi connectivity index (χ1) is 6.49. The van der Waals surface area contributed by atoms with E-state index in [1.165, 1.54) is 13.2 Å². The Morgan fingerprint density at radius 1 is 1.43 bits per heavy atom. The van der Waals surface area contributed by atoms with Crippen LogP contribution in [0.15, 0.2) is 23.4 Å². The standard InChI is InChI=1S/C10H13NO3/c1-10(2,12)8-6-7(14-3)4-5-9(8)11-13/h4-6,12H,1-3H3. The third kappa shape index (κ3) is 2.09. The zero-order valence-electron chi connectivity index (χ0n) is 8.44. The van der Waals surface area contributed by atoms with Crippen molar-refractivity contribution in [3.8, 4) is 5.75 Å². The number of nitrogens with zero attached hydrogens (tertiary/aromatic N) is 1. The number of methoxy groups -OCH3 is 1. The van der Waals surface area contributed by atoms with Gasteiger partial charge in [-0.15, -0.1) is 4.91 Å². The Morgan fingerprint density at radius 2 is 2.07 bits per heavy atom. The second kappa shape index (κ2) is 3.75. The molecule has 76 valence electrons. The van der Waals surface area contributed by atoms with Gasteiger partial charge in [0.1, 0.15) is 11.4 Å². The predicted octanol–water partition coefficient (Wildman–Crippen LogP) is 2.32. The molecule has 0 fully saturated rings. The summed E-state index contributed by atoms with van der Waals surface area (Å²) in [5, 5.41) is 12.6. The summed E-state index contributed by atoms with van der Waals surface area (Å²) in [7, 11) is 1.53. The van der Waals surface area contributed by atoms with E-state index in [1.54, 1.807) is 26.0 Å². The van der Waals surface area contributed by atoms with Crippen molar-refractivity contribution in [3.63, 3.8) is 0 Å². The average molecular weight is 195 g/mol. The molecule has 14 heavy (non-hydrogen) atoms. The maximum Gasteiger partial charge on any atom is 0.119 e. The maximum atomic E-state index is 10.5. The van der Waals surface area contributed by atoms with Crippen LogP contribution in [0.4, 0.5) is 5.69 Å². The summed E-state index contributed by atoms with van der Waals surface area (Å²) in [5.41, 5.74) is -0.400. The quantitative estimate of drug-likeness (QED) is 0.753. The van der Waals surface area contributed by atoms with Gasteiger partial charge in [0.25, 0.3) is 0 Å². The van der Waals surface area contributed by atoms with Gasteiger partial charge in [-0.25, -0.2) is 0 Å². The van der Waals surface area contributed by atoms with Gasteiger partial charge in [0.2, 0.25) is 0 Å². The molecule has 0 radical (unpaired) electrons. The third-order valence-corrected chi connectivity index (χ3v) is 1.96. The molecule has 1 aromatic rings. The van der Waals surface area contributed by atoms with Crippen LogP contribution in [0, 0.1) is 4.91 Å². The molecule has 0 aliphatic heterocycles. The number of hydrogen-bond donors (Lipinski definition) is 1. The van der Waals surface area contributed by atoms with Gasteiger partial charge in [-0.05, 0) is 37.2 Å². The summed E-state index contributed by atoms with van der Waals surface area (Å²) in [4.78, 5) is 10.5. The lowest BCUT2D eigenvalue weighted by Crippen LogP contribution is -2.15. The Labute approximate surface area is 82.5 Å². The van der Waals surface area contributed by atoms with Gasteiger partial charge in [-0.3, -0.25) is 0 Å². The van der Waals surface area contributed by atoms with Crippen molar-refractivity contribution in [2.75, 3.05) is 7.11 Å². The average Bonchev–Trinajstić information content (AvgIpc) is 2.15. The lowest BCUT2D eigenvalue weighted by atomic mass is 9.96. The minimum Gasteiger partial charge on any atom is -0.497 e. The Balaban J connectivity index is 3.29. The van der Waals surface area contributed by atoms with Gasteiger partial charge < -0.3 is 9.84 Å². The van der Waals surface area contributed by atoms with E-state index in [9.17, 15) is 10.0 Å². The van der Waals surface area contributed by atoms with E-state index in [1.807, 2.05) is 0 Å². The Hall–Kier alpha value is -1.42. The zero-order valence-corrected chi connectivity index (χ0v) is 8.44. The summed E-state index contributed by atoms with van der Waals surface area (Å²) in [5.74, 6) is 0.592. The molecular weight excluding hydrogens is 182 g/mol. The molecule has 0 heterocycles.